The highest BCUT2D eigenvalue weighted by molar-refractivity contribution is 9.10. The van der Waals surface area contributed by atoms with E-state index in [0.29, 0.717) is 28.5 Å². The number of nitrogens with zero attached hydrogens (tertiary/aromatic N) is 4. The molecule has 118 valence electrons. The lowest BCUT2D eigenvalue weighted by Gasteiger charge is -2.18. The van der Waals surface area contributed by atoms with E-state index in [1.54, 1.807) is 17.9 Å². The van der Waals surface area contributed by atoms with Crippen molar-refractivity contribution in [3.8, 4) is 0 Å². The van der Waals surface area contributed by atoms with Crippen LogP contribution in [0.25, 0.3) is 0 Å². The summed E-state index contributed by atoms with van der Waals surface area (Å²) < 4.78 is 2.35. The van der Waals surface area contributed by atoms with E-state index in [9.17, 15) is 0 Å². The van der Waals surface area contributed by atoms with Gasteiger partial charge in [0.25, 0.3) is 0 Å². The average Bonchev–Trinajstić information content (AvgIpc) is 2.83. The maximum Gasteiger partial charge on any atom is 0.242 e. The molecular formula is C14H20BrN7. The molecule has 0 spiro atoms. The van der Waals surface area contributed by atoms with Gasteiger partial charge in [-0.1, -0.05) is 0 Å². The first-order chi connectivity index (χ1) is 10.4. The normalized spacial score (nSPS) is 10.8. The van der Waals surface area contributed by atoms with Crippen LogP contribution in [0, 0.1) is 5.41 Å². The lowest BCUT2D eigenvalue weighted by Crippen LogP contribution is -2.17. The Labute approximate surface area is 138 Å². The maximum absolute atomic E-state index is 7.94. The van der Waals surface area contributed by atoms with Crippen LogP contribution in [-0.4, -0.2) is 31.5 Å². The molecule has 2 rings (SSSR count). The van der Waals surface area contributed by atoms with Crippen molar-refractivity contribution < 1.29 is 0 Å². The molecule has 0 aliphatic rings. The summed E-state index contributed by atoms with van der Waals surface area (Å²) in [6.45, 7) is 6.39. The number of nitrogens with one attached hydrogen (secondary N) is 3. The van der Waals surface area contributed by atoms with Crippen molar-refractivity contribution in [2.24, 2.45) is 7.05 Å². The van der Waals surface area contributed by atoms with Crippen LogP contribution in [-0.2, 0) is 13.6 Å². The SMILES string of the molecule is CC(=N)c1nc(Br)cc(CNc2ncn(C)n2)c1NC(C)C. The zero-order valence-corrected chi connectivity index (χ0v) is 14.7. The van der Waals surface area contributed by atoms with Gasteiger partial charge in [0.2, 0.25) is 5.95 Å². The van der Waals surface area contributed by atoms with E-state index in [1.165, 1.54) is 0 Å². The molecular weight excluding hydrogens is 346 g/mol. The van der Waals surface area contributed by atoms with Gasteiger partial charge in [-0.25, -0.2) is 9.97 Å². The molecule has 0 unspecified atom stereocenters. The van der Waals surface area contributed by atoms with Crippen LogP contribution in [0.5, 0.6) is 0 Å². The minimum absolute atomic E-state index is 0.243. The topological polar surface area (TPSA) is 91.5 Å². The summed E-state index contributed by atoms with van der Waals surface area (Å²) in [5.74, 6) is 0.569. The van der Waals surface area contributed by atoms with Gasteiger partial charge in [0, 0.05) is 19.6 Å². The fourth-order valence-electron chi connectivity index (χ4n) is 2.02. The summed E-state index contributed by atoms with van der Waals surface area (Å²) >= 11 is 3.41. The van der Waals surface area contributed by atoms with Crippen LogP contribution < -0.4 is 10.6 Å². The van der Waals surface area contributed by atoms with Crippen molar-refractivity contribution in [1.82, 2.24) is 19.7 Å². The van der Waals surface area contributed by atoms with E-state index >= 15 is 0 Å². The van der Waals surface area contributed by atoms with E-state index in [0.717, 1.165) is 11.3 Å². The standard InChI is InChI=1S/C14H20BrN7/c1-8(2)19-13-10(5-11(15)20-12(13)9(3)16)6-17-14-18-7-22(4)21-14/h5,7-8,16,19H,6H2,1-4H3,(H,17,21). The van der Waals surface area contributed by atoms with Gasteiger partial charge >= 0.3 is 0 Å². The first-order valence-corrected chi connectivity index (χ1v) is 7.77. The number of anilines is 2. The second-order valence-corrected chi connectivity index (χ2v) is 6.16. The zero-order valence-electron chi connectivity index (χ0n) is 13.1. The third-order valence-corrected chi connectivity index (χ3v) is 3.30. The lowest BCUT2D eigenvalue weighted by atomic mass is 10.1. The number of rotatable bonds is 6. The molecule has 0 aliphatic heterocycles. The van der Waals surface area contributed by atoms with Gasteiger partial charge in [0.15, 0.2) is 0 Å². The third kappa shape index (κ3) is 4.03. The molecule has 0 aromatic carbocycles. The predicted octanol–water partition coefficient (Wildman–Crippen LogP) is 2.79. The molecule has 3 N–H and O–H groups in total. The average molecular weight is 366 g/mol. The first kappa shape index (κ1) is 16.4. The van der Waals surface area contributed by atoms with Crippen molar-refractivity contribution in [3.63, 3.8) is 0 Å². The van der Waals surface area contributed by atoms with Crippen molar-refractivity contribution >= 4 is 33.3 Å². The number of hydrogen-bond donors (Lipinski definition) is 3. The molecule has 7 nitrogen and oxygen atoms in total. The molecule has 8 heteroatoms. The molecule has 0 aliphatic carbocycles. The van der Waals surface area contributed by atoms with Gasteiger partial charge in [-0.3, -0.25) is 4.68 Å². The smallest absolute Gasteiger partial charge is 0.242 e. The van der Waals surface area contributed by atoms with Crippen LogP contribution >= 0.6 is 15.9 Å². The zero-order chi connectivity index (χ0) is 16.3. The van der Waals surface area contributed by atoms with Gasteiger partial charge in [-0.15, -0.1) is 5.10 Å². The fourth-order valence-corrected chi connectivity index (χ4v) is 2.47. The van der Waals surface area contributed by atoms with Crippen LogP contribution in [0.3, 0.4) is 0 Å². The highest BCUT2D eigenvalue weighted by Crippen LogP contribution is 2.25. The van der Waals surface area contributed by atoms with E-state index in [4.69, 9.17) is 5.41 Å². The van der Waals surface area contributed by atoms with Crippen molar-refractivity contribution in [2.45, 2.75) is 33.4 Å². The fraction of sp³-hybridized carbons (Fsp3) is 0.429. The summed E-state index contributed by atoms with van der Waals surface area (Å²) in [4.78, 5) is 8.56. The monoisotopic (exact) mass is 365 g/mol. The van der Waals surface area contributed by atoms with E-state index in [2.05, 4.69) is 55.5 Å². The molecule has 0 saturated carbocycles. The molecule has 0 amide bonds. The molecule has 0 atom stereocenters. The molecule has 0 bridgehead atoms. The van der Waals surface area contributed by atoms with Gasteiger partial charge in [0.1, 0.15) is 16.6 Å². The Hall–Kier alpha value is -1.96. The number of aryl methyl sites for hydroxylation is 1. The second kappa shape index (κ2) is 6.87. The number of aromatic nitrogens is 4. The highest BCUT2D eigenvalue weighted by atomic mass is 79.9. The summed E-state index contributed by atoms with van der Waals surface area (Å²) in [6, 6.07) is 2.18. The summed E-state index contributed by atoms with van der Waals surface area (Å²) in [5.41, 5.74) is 2.94. The summed E-state index contributed by atoms with van der Waals surface area (Å²) in [5, 5.41) is 18.7. The van der Waals surface area contributed by atoms with Gasteiger partial charge in [0.05, 0.1) is 11.4 Å². The molecule has 0 saturated heterocycles. The van der Waals surface area contributed by atoms with Crippen molar-refractivity contribution in [2.75, 3.05) is 10.6 Å². The van der Waals surface area contributed by atoms with Gasteiger partial charge < -0.3 is 16.0 Å². The molecule has 0 radical (unpaired) electrons. The Morgan fingerprint density at radius 3 is 2.73 bits per heavy atom. The molecule has 2 aromatic rings. The highest BCUT2D eigenvalue weighted by Gasteiger charge is 2.15. The van der Waals surface area contributed by atoms with Crippen molar-refractivity contribution in [3.05, 3.63) is 28.3 Å². The third-order valence-electron chi connectivity index (χ3n) is 2.89. The number of hydrogen-bond acceptors (Lipinski definition) is 6. The summed E-state index contributed by atoms with van der Waals surface area (Å²) in [7, 11) is 1.82. The number of pyridine rings is 1. The van der Waals surface area contributed by atoms with E-state index in [-0.39, 0.29) is 6.04 Å². The molecule has 22 heavy (non-hydrogen) atoms. The Morgan fingerprint density at radius 2 is 2.18 bits per heavy atom. The largest absolute Gasteiger partial charge is 0.381 e. The Kier molecular flexibility index (Phi) is 5.12. The van der Waals surface area contributed by atoms with E-state index in [1.807, 2.05) is 13.1 Å². The Morgan fingerprint density at radius 1 is 1.45 bits per heavy atom. The lowest BCUT2D eigenvalue weighted by molar-refractivity contribution is 0.766. The molecule has 2 aromatic heterocycles. The van der Waals surface area contributed by atoms with Gasteiger partial charge in [-0.05, 0) is 48.3 Å². The van der Waals surface area contributed by atoms with Crippen LogP contribution in [0.2, 0.25) is 0 Å². The second-order valence-electron chi connectivity index (χ2n) is 5.35. The van der Waals surface area contributed by atoms with Gasteiger partial charge in [-0.2, -0.15) is 0 Å². The Balaban J connectivity index is 2.33. The minimum Gasteiger partial charge on any atom is -0.381 e. The van der Waals surface area contributed by atoms with Crippen LogP contribution in [0.15, 0.2) is 17.0 Å². The summed E-state index contributed by atoms with van der Waals surface area (Å²) in [6.07, 6.45) is 1.64. The number of halogens is 1. The predicted molar refractivity (Wildman–Crippen MR) is 91.5 cm³/mol. The van der Waals surface area contributed by atoms with E-state index < -0.39 is 0 Å². The molecule has 0 fully saturated rings. The van der Waals surface area contributed by atoms with Crippen molar-refractivity contribution in [1.29, 1.82) is 5.41 Å². The Bertz CT molecular complexity index is 678. The molecule has 2 heterocycles. The van der Waals surface area contributed by atoms with Crippen LogP contribution in [0.4, 0.5) is 11.6 Å². The quantitative estimate of drug-likeness (QED) is 0.540. The van der Waals surface area contributed by atoms with Crippen LogP contribution in [0.1, 0.15) is 32.0 Å². The maximum atomic E-state index is 7.94. The minimum atomic E-state index is 0.243. The first-order valence-electron chi connectivity index (χ1n) is 6.97.